The van der Waals surface area contributed by atoms with Gasteiger partial charge in [0.15, 0.2) is 6.61 Å². The molecule has 0 spiro atoms. The maximum Gasteiger partial charge on any atom is 0.417 e. The van der Waals surface area contributed by atoms with E-state index in [4.69, 9.17) is 0 Å². The number of halogens is 1. The smallest absolute Gasteiger partial charge is 0.417 e. The lowest BCUT2D eigenvalue weighted by atomic mass is 10.6. The second-order valence-electron chi connectivity index (χ2n) is 1.50. The Balaban J connectivity index is 2.66. The summed E-state index contributed by atoms with van der Waals surface area (Å²) in [6.45, 7) is -0.121. The zero-order valence-corrected chi connectivity index (χ0v) is 6.05. The van der Waals surface area contributed by atoms with Gasteiger partial charge in [-0.25, -0.2) is 9.69 Å². The van der Waals surface area contributed by atoms with Crippen molar-refractivity contribution in [3.05, 3.63) is 0 Å². The van der Waals surface area contributed by atoms with Crippen LogP contribution in [0.1, 0.15) is 0 Å². The third-order valence-electron chi connectivity index (χ3n) is 0.960. The molecule has 0 aromatic rings. The van der Waals surface area contributed by atoms with Crippen molar-refractivity contribution in [1.29, 1.82) is 0 Å². The van der Waals surface area contributed by atoms with Gasteiger partial charge in [-0.2, -0.15) is 0 Å². The fraction of sp³-hybridized carbons (Fsp3) is 0.500. The van der Waals surface area contributed by atoms with E-state index in [0.717, 1.165) is 4.90 Å². The molecule has 5 heteroatoms. The highest BCUT2D eigenvalue weighted by atomic mass is 79.9. The fourth-order valence-corrected chi connectivity index (χ4v) is 0.981. The van der Waals surface area contributed by atoms with Gasteiger partial charge in [0.2, 0.25) is 0 Å². The van der Waals surface area contributed by atoms with Crippen LogP contribution in [0.25, 0.3) is 0 Å². The first-order valence-corrected chi connectivity index (χ1v) is 3.41. The average molecular weight is 194 g/mol. The first-order valence-electron chi connectivity index (χ1n) is 2.29. The van der Waals surface area contributed by atoms with Gasteiger partial charge >= 0.3 is 6.09 Å². The summed E-state index contributed by atoms with van der Waals surface area (Å²) in [5.41, 5.74) is 0.213. The lowest BCUT2D eigenvalue weighted by Gasteiger charge is -2.02. The van der Waals surface area contributed by atoms with Crippen LogP contribution in [0.2, 0.25) is 0 Å². The predicted molar refractivity (Wildman–Crippen MR) is 32.0 cm³/mol. The van der Waals surface area contributed by atoms with E-state index in [1.54, 1.807) is 0 Å². The van der Waals surface area contributed by atoms with Crippen LogP contribution in [-0.2, 0) is 9.53 Å². The third kappa shape index (κ3) is 1.05. The van der Waals surface area contributed by atoms with Crippen molar-refractivity contribution in [3.8, 4) is 0 Å². The molecule has 1 aliphatic rings. The molecule has 0 saturated carbocycles. The molecular formula is C4H4BrNO3. The van der Waals surface area contributed by atoms with Crippen molar-refractivity contribution in [2.75, 3.05) is 12.1 Å². The molecule has 50 valence electrons. The molecule has 0 unspecified atom stereocenters. The highest BCUT2D eigenvalue weighted by Crippen LogP contribution is 2.05. The first kappa shape index (κ1) is 6.54. The van der Waals surface area contributed by atoms with Crippen LogP contribution in [-0.4, -0.2) is 29.0 Å². The third-order valence-corrected chi connectivity index (χ3v) is 1.46. The van der Waals surface area contributed by atoms with Gasteiger partial charge < -0.3 is 4.74 Å². The zero-order chi connectivity index (χ0) is 6.85. The Morgan fingerprint density at radius 1 is 1.67 bits per heavy atom. The number of imide groups is 1. The van der Waals surface area contributed by atoms with Crippen LogP contribution < -0.4 is 0 Å². The maximum atomic E-state index is 10.6. The van der Waals surface area contributed by atoms with E-state index >= 15 is 0 Å². The van der Waals surface area contributed by atoms with Gasteiger partial charge in [-0.1, -0.05) is 15.9 Å². The molecule has 0 atom stereocenters. The van der Waals surface area contributed by atoms with Crippen molar-refractivity contribution in [2.24, 2.45) is 0 Å². The molecule has 1 aliphatic heterocycles. The number of hydrogen-bond acceptors (Lipinski definition) is 3. The number of ether oxygens (including phenoxy) is 1. The van der Waals surface area contributed by atoms with Crippen LogP contribution in [0.4, 0.5) is 4.79 Å². The van der Waals surface area contributed by atoms with E-state index < -0.39 is 6.09 Å². The molecule has 0 bridgehead atoms. The van der Waals surface area contributed by atoms with Crippen molar-refractivity contribution < 1.29 is 14.3 Å². The summed E-state index contributed by atoms with van der Waals surface area (Å²) in [5.74, 6) is -0.295. The highest BCUT2D eigenvalue weighted by molar-refractivity contribution is 9.09. The molecule has 1 saturated heterocycles. The summed E-state index contributed by atoms with van der Waals surface area (Å²) in [5, 5.41) is 0. The number of nitrogens with zero attached hydrogens (tertiary/aromatic N) is 1. The molecule has 0 aliphatic carbocycles. The molecular weight excluding hydrogens is 190 g/mol. The number of amides is 2. The molecule has 9 heavy (non-hydrogen) atoms. The van der Waals surface area contributed by atoms with Crippen LogP contribution >= 0.6 is 15.9 Å². The summed E-state index contributed by atoms with van der Waals surface area (Å²) in [6.07, 6.45) is -0.572. The van der Waals surface area contributed by atoms with Crippen molar-refractivity contribution in [3.63, 3.8) is 0 Å². The lowest BCUT2D eigenvalue weighted by molar-refractivity contribution is -0.125. The van der Waals surface area contributed by atoms with Gasteiger partial charge in [0, 0.05) is 0 Å². The van der Waals surface area contributed by atoms with Crippen molar-refractivity contribution >= 4 is 27.9 Å². The summed E-state index contributed by atoms with van der Waals surface area (Å²) in [6, 6.07) is 0. The van der Waals surface area contributed by atoms with Gasteiger partial charge in [0.05, 0.1) is 5.45 Å². The lowest BCUT2D eigenvalue weighted by Crippen LogP contribution is -2.27. The molecule has 0 aromatic heterocycles. The molecule has 4 nitrogen and oxygen atoms in total. The molecule has 1 fully saturated rings. The normalized spacial score (nSPS) is 18.6. The van der Waals surface area contributed by atoms with Gasteiger partial charge in [0.25, 0.3) is 5.91 Å². The van der Waals surface area contributed by atoms with Crippen molar-refractivity contribution in [1.82, 2.24) is 4.90 Å². The number of hydrogen-bond donors (Lipinski definition) is 0. The Labute approximate surface area is 59.9 Å². The van der Waals surface area contributed by atoms with Gasteiger partial charge in [0.1, 0.15) is 0 Å². The minimum absolute atomic E-state index is 0.121. The zero-order valence-electron chi connectivity index (χ0n) is 4.46. The minimum atomic E-state index is -0.572. The number of cyclic esters (lactones) is 1. The Bertz CT molecular complexity index is 142. The standard InChI is InChI=1S/C4H4BrNO3/c5-2-6-3(7)1-9-4(6)8/h1-2H2. The second kappa shape index (κ2) is 2.34. The number of carbonyl (C=O) groups is 2. The van der Waals surface area contributed by atoms with E-state index in [0.29, 0.717) is 0 Å². The summed E-state index contributed by atoms with van der Waals surface area (Å²) in [4.78, 5) is 22.0. The topological polar surface area (TPSA) is 46.6 Å². The second-order valence-corrected chi connectivity index (χ2v) is 2.00. The van der Waals surface area contributed by atoms with E-state index in [2.05, 4.69) is 20.7 Å². The highest BCUT2D eigenvalue weighted by Gasteiger charge is 2.29. The summed E-state index contributed by atoms with van der Waals surface area (Å²) < 4.78 is 4.38. The molecule has 2 amide bonds. The number of alkyl halides is 1. The van der Waals surface area contributed by atoms with Gasteiger partial charge in [-0.05, 0) is 0 Å². The Morgan fingerprint density at radius 2 is 2.33 bits per heavy atom. The van der Waals surface area contributed by atoms with Crippen LogP contribution in [0, 0.1) is 0 Å². The van der Waals surface area contributed by atoms with Gasteiger partial charge in [-0.3, -0.25) is 4.79 Å². The quantitative estimate of drug-likeness (QED) is 0.446. The molecule has 0 aromatic carbocycles. The van der Waals surface area contributed by atoms with E-state index in [1.807, 2.05) is 0 Å². The SMILES string of the molecule is O=C1COC(=O)N1CBr. The summed E-state index contributed by atoms with van der Waals surface area (Å²) in [7, 11) is 0. The Kier molecular flexibility index (Phi) is 1.70. The fourth-order valence-electron chi connectivity index (χ4n) is 0.497. The average Bonchev–Trinajstić information content (AvgIpc) is 2.12. The maximum absolute atomic E-state index is 10.6. The monoisotopic (exact) mass is 193 g/mol. The van der Waals surface area contributed by atoms with Crippen LogP contribution in [0.15, 0.2) is 0 Å². The predicted octanol–water partition coefficient (Wildman–Crippen LogP) is 0.318. The largest absolute Gasteiger partial charge is 0.439 e. The van der Waals surface area contributed by atoms with E-state index in [9.17, 15) is 9.59 Å². The van der Waals surface area contributed by atoms with E-state index in [-0.39, 0.29) is 18.0 Å². The van der Waals surface area contributed by atoms with Crippen molar-refractivity contribution in [2.45, 2.75) is 0 Å². The summed E-state index contributed by atoms with van der Waals surface area (Å²) >= 11 is 2.96. The van der Waals surface area contributed by atoms with E-state index in [1.165, 1.54) is 0 Å². The van der Waals surface area contributed by atoms with Gasteiger partial charge in [-0.15, -0.1) is 0 Å². The van der Waals surface area contributed by atoms with Crippen LogP contribution in [0.5, 0.6) is 0 Å². The molecule has 0 radical (unpaired) electrons. The minimum Gasteiger partial charge on any atom is -0.439 e. The number of carbonyl (C=O) groups excluding carboxylic acids is 2. The molecule has 1 heterocycles. The van der Waals surface area contributed by atoms with Crippen LogP contribution in [0.3, 0.4) is 0 Å². The molecule has 1 rings (SSSR count). The molecule has 0 N–H and O–H groups in total. The first-order chi connectivity index (χ1) is 4.25. The Morgan fingerprint density at radius 3 is 2.56 bits per heavy atom. The number of rotatable bonds is 1. The Hall–Kier alpha value is -0.580.